The van der Waals surface area contributed by atoms with Gasteiger partial charge in [0, 0.05) is 5.56 Å². The molecule has 0 atom stereocenters. The summed E-state index contributed by atoms with van der Waals surface area (Å²) >= 11 is 0. The van der Waals surface area contributed by atoms with Crippen LogP contribution in [0.4, 0.5) is 0 Å². The van der Waals surface area contributed by atoms with E-state index in [4.69, 9.17) is 4.42 Å². The van der Waals surface area contributed by atoms with Gasteiger partial charge in [-0.3, -0.25) is 4.79 Å². The second-order valence-electron chi connectivity index (χ2n) is 5.47. The largest absolute Gasteiger partial charge is 0.461 e. The Kier molecular flexibility index (Phi) is 3.89. The van der Waals surface area contributed by atoms with Crippen molar-refractivity contribution in [2.45, 2.75) is 39.5 Å². The molecule has 0 saturated carbocycles. The average Bonchev–Trinajstić information content (AvgIpc) is 2.85. The van der Waals surface area contributed by atoms with Crippen molar-refractivity contribution in [1.29, 1.82) is 0 Å². The van der Waals surface area contributed by atoms with Crippen LogP contribution in [0.1, 0.15) is 61.2 Å². The molecule has 0 amide bonds. The van der Waals surface area contributed by atoms with Gasteiger partial charge in [-0.1, -0.05) is 45.9 Å². The number of benzene rings is 1. The highest BCUT2D eigenvalue weighted by Crippen LogP contribution is 2.33. The number of furan rings is 1. The second kappa shape index (κ2) is 5.43. The molecule has 1 aromatic carbocycles. The average molecular weight is 256 g/mol. The van der Waals surface area contributed by atoms with Crippen molar-refractivity contribution in [3.63, 3.8) is 0 Å². The van der Waals surface area contributed by atoms with Gasteiger partial charge in [0.1, 0.15) is 0 Å². The van der Waals surface area contributed by atoms with E-state index in [0.29, 0.717) is 17.6 Å². The van der Waals surface area contributed by atoms with Gasteiger partial charge in [0.05, 0.1) is 6.26 Å². The first kappa shape index (κ1) is 13.6. The minimum Gasteiger partial charge on any atom is -0.461 e. The van der Waals surface area contributed by atoms with Crippen molar-refractivity contribution < 1.29 is 9.21 Å². The number of carbonyl (C=O) groups excluding carboxylic acids is 1. The minimum absolute atomic E-state index is 0.402. The van der Waals surface area contributed by atoms with Crippen LogP contribution in [0.15, 0.2) is 34.9 Å². The van der Waals surface area contributed by atoms with Crippen LogP contribution in [0.2, 0.25) is 0 Å². The van der Waals surface area contributed by atoms with Crippen molar-refractivity contribution in [3.8, 4) is 11.1 Å². The fraction of sp³-hybridized carbons (Fsp3) is 0.353. The number of carbonyl (C=O) groups is 1. The van der Waals surface area contributed by atoms with Crippen LogP contribution < -0.4 is 0 Å². The molecule has 2 aromatic rings. The highest BCUT2D eigenvalue weighted by atomic mass is 16.3. The third-order valence-corrected chi connectivity index (χ3v) is 3.46. The quantitative estimate of drug-likeness (QED) is 0.720. The topological polar surface area (TPSA) is 30.2 Å². The highest BCUT2D eigenvalue weighted by molar-refractivity contribution is 5.85. The Balaban J connectivity index is 2.60. The number of hydrogen-bond donors (Lipinski definition) is 0. The van der Waals surface area contributed by atoms with E-state index in [-0.39, 0.29) is 0 Å². The number of hydrogen-bond acceptors (Lipinski definition) is 2. The molecule has 0 aliphatic rings. The fourth-order valence-electron chi connectivity index (χ4n) is 2.30. The van der Waals surface area contributed by atoms with E-state index < -0.39 is 0 Å². The van der Waals surface area contributed by atoms with Gasteiger partial charge in [-0.15, -0.1) is 0 Å². The van der Waals surface area contributed by atoms with Crippen LogP contribution in [0.25, 0.3) is 11.1 Å². The molecule has 0 aliphatic heterocycles. The van der Waals surface area contributed by atoms with Crippen LogP contribution in [0.5, 0.6) is 0 Å². The van der Waals surface area contributed by atoms with Crippen LogP contribution in [0.3, 0.4) is 0 Å². The summed E-state index contributed by atoms with van der Waals surface area (Å²) < 4.78 is 5.21. The molecule has 0 fully saturated rings. The molecule has 1 aromatic heterocycles. The van der Waals surface area contributed by atoms with Crippen LogP contribution in [-0.4, -0.2) is 6.29 Å². The summed E-state index contributed by atoms with van der Waals surface area (Å²) in [6, 6.07) is 8.34. The van der Waals surface area contributed by atoms with Gasteiger partial charge in [0.2, 0.25) is 0 Å². The Bertz CT molecular complexity index is 577. The van der Waals surface area contributed by atoms with Crippen LogP contribution in [-0.2, 0) is 0 Å². The SMILES string of the molecule is CC(C)c1ccc(-c2ccoc2C=O)c(C(C)C)c1. The van der Waals surface area contributed by atoms with E-state index in [2.05, 4.69) is 45.9 Å². The molecule has 2 heteroatoms. The lowest BCUT2D eigenvalue weighted by atomic mass is 9.89. The summed E-state index contributed by atoms with van der Waals surface area (Å²) in [6.07, 6.45) is 2.34. The molecule has 0 radical (unpaired) electrons. The Morgan fingerprint density at radius 2 is 1.74 bits per heavy atom. The molecule has 0 spiro atoms. The van der Waals surface area contributed by atoms with E-state index in [1.54, 1.807) is 6.26 Å². The van der Waals surface area contributed by atoms with E-state index in [0.717, 1.165) is 17.4 Å². The third-order valence-electron chi connectivity index (χ3n) is 3.46. The lowest BCUT2D eigenvalue weighted by molar-refractivity contribution is 0.110. The van der Waals surface area contributed by atoms with Crippen LogP contribution in [0, 0.1) is 0 Å². The standard InChI is InChI=1S/C17H20O2/c1-11(2)13-5-6-14(16(9-13)12(3)4)15-7-8-19-17(15)10-18/h5-12H,1-4H3. The number of aldehydes is 1. The van der Waals surface area contributed by atoms with Gasteiger partial charge >= 0.3 is 0 Å². The lowest BCUT2D eigenvalue weighted by Crippen LogP contribution is -1.97. The van der Waals surface area contributed by atoms with Crippen molar-refractivity contribution in [2.75, 3.05) is 0 Å². The summed E-state index contributed by atoms with van der Waals surface area (Å²) in [4.78, 5) is 11.0. The maximum Gasteiger partial charge on any atom is 0.185 e. The Morgan fingerprint density at radius 3 is 2.32 bits per heavy atom. The first-order valence-corrected chi connectivity index (χ1v) is 6.71. The zero-order valence-electron chi connectivity index (χ0n) is 11.9. The zero-order valence-corrected chi connectivity index (χ0v) is 11.9. The van der Waals surface area contributed by atoms with E-state index in [1.165, 1.54) is 11.1 Å². The number of rotatable bonds is 4. The first-order chi connectivity index (χ1) is 9.04. The van der Waals surface area contributed by atoms with Crippen molar-refractivity contribution in [2.24, 2.45) is 0 Å². The van der Waals surface area contributed by atoms with Gasteiger partial charge in [0.25, 0.3) is 0 Å². The molecular weight excluding hydrogens is 236 g/mol. The molecule has 2 rings (SSSR count). The predicted octanol–water partition coefficient (Wildman–Crippen LogP) is 5.01. The zero-order chi connectivity index (χ0) is 14.0. The molecule has 2 nitrogen and oxygen atoms in total. The monoisotopic (exact) mass is 256 g/mol. The Labute approximate surface area is 114 Å². The minimum atomic E-state index is 0.402. The molecule has 0 bridgehead atoms. The van der Waals surface area contributed by atoms with Crippen molar-refractivity contribution >= 4 is 6.29 Å². The van der Waals surface area contributed by atoms with Gasteiger partial charge in [-0.2, -0.15) is 0 Å². The molecule has 0 unspecified atom stereocenters. The first-order valence-electron chi connectivity index (χ1n) is 6.71. The predicted molar refractivity (Wildman–Crippen MR) is 77.7 cm³/mol. The third kappa shape index (κ3) is 2.62. The molecule has 100 valence electrons. The van der Waals surface area contributed by atoms with E-state index in [1.807, 2.05) is 6.07 Å². The summed E-state index contributed by atoms with van der Waals surface area (Å²) in [7, 11) is 0. The maximum absolute atomic E-state index is 11.0. The Morgan fingerprint density at radius 1 is 1.00 bits per heavy atom. The van der Waals surface area contributed by atoms with Gasteiger partial charge < -0.3 is 4.42 Å². The van der Waals surface area contributed by atoms with E-state index >= 15 is 0 Å². The van der Waals surface area contributed by atoms with Gasteiger partial charge in [-0.25, -0.2) is 0 Å². The summed E-state index contributed by atoms with van der Waals surface area (Å²) in [5.41, 5.74) is 4.56. The normalized spacial score (nSPS) is 11.3. The molecule has 1 heterocycles. The molecule has 0 N–H and O–H groups in total. The Hall–Kier alpha value is -1.83. The maximum atomic E-state index is 11.0. The molecule has 0 aliphatic carbocycles. The van der Waals surface area contributed by atoms with Crippen molar-refractivity contribution in [1.82, 2.24) is 0 Å². The molecule has 0 saturated heterocycles. The fourth-order valence-corrected chi connectivity index (χ4v) is 2.30. The van der Waals surface area contributed by atoms with Crippen molar-refractivity contribution in [3.05, 3.63) is 47.4 Å². The summed E-state index contributed by atoms with van der Waals surface area (Å²) in [5, 5.41) is 0. The molecular formula is C17H20O2. The van der Waals surface area contributed by atoms with Gasteiger partial charge in [-0.05, 0) is 34.6 Å². The smallest absolute Gasteiger partial charge is 0.185 e. The molecule has 19 heavy (non-hydrogen) atoms. The lowest BCUT2D eigenvalue weighted by Gasteiger charge is -2.16. The van der Waals surface area contributed by atoms with Crippen LogP contribution >= 0.6 is 0 Å². The van der Waals surface area contributed by atoms with E-state index in [9.17, 15) is 4.79 Å². The summed E-state index contributed by atoms with van der Waals surface area (Å²) in [5.74, 6) is 1.31. The van der Waals surface area contributed by atoms with Gasteiger partial charge in [0.15, 0.2) is 12.0 Å². The summed E-state index contributed by atoms with van der Waals surface area (Å²) in [6.45, 7) is 8.72. The highest BCUT2D eigenvalue weighted by Gasteiger charge is 2.15. The second-order valence-corrected chi connectivity index (χ2v) is 5.47.